The van der Waals surface area contributed by atoms with E-state index in [1.165, 1.54) is 11.0 Å². The normalized spacial score (nSPS) is 21.2. The first kappa shape index (κ1) is 18.4. The van der Waals surface area contributed by atoms with Crippen molar-refractivity contribution < 1.29 is 18.7 Å². The van der Waals surface area contributed by atoms with Gasteiger partial charge in [-0.1, -0.05) is 18.2 Å². The molecule has 1 saturated heterocycles. The molecule has 0 saturated carbocycles. The van der Waals surface area contributed by atoms with Gasteiger partial charge in [-0.05, 0) is 33.1 Å². The average Bonchev–Trinajstić information content (AvgIpc) is 2.54. The smallest absolute Gasteiger partial charge is 0.251 e. The van der Waals surface area contributed by atoms with E-state index in [2.05, 4.69) is 5.32 Å². The van der Waals surface area contributed by atoms with E-state index in [9.17, 15) is 14.0 Å². The maximum Gasteiger partial charge on any atom is 0.251 e. The van der Waals surface area contributed by atoms with Gasteiger partial charge in [-0.2, -0.15) is 0 Å². The third-order valence-electron chi connectivity index (χ3n) is 4.05. The van der Waals surface area contributed by atoms with Crippen molar-refractivity contribution in [2.75, 3.05) is 40.8 Å². The van der Waals surface area contributed by atoms with E-state index >= 15 is 0 Å². The Labute approximate surface area is 141 Å². The quantitative estimate of drug-likeness (QED) is 0.780. The molecule has 0 aliphatic carbocycles. The van der Waals surface area contributed by atoms with Crippen molar-refractivity contribution >= 4 is 11.8 Å². The summed E-state index contributed by atoms with van der Waals surface area (Å²) in [6, 6.07) is 5.36. The maximum atomic E-state index is 14.2. The Morgan fingerprint density at radius 3 is 2.79 bits per heavy atom. The Morgan fingerprint density at radius 2 is 2.12 bits per heavy atom. The summed E-state index contributed by atoms with van der Waals surface area (Å²) >= 11 is 0. The highest BCUT2D eigenvalue weighted by atomic mass is 19.1. The van der Waals surface area contributed by atoms with Crippen LogP contribution in [0, 0.1) is 5.82 Å². The molecular weight excluding hydrogens is 313 g/mol. The second-order valence-electron chi connectivity index (χ2n) is 6.15. The predicted molar refractivity (Wildman–Crippen MR) is 87.8 cm³/mol. The summed E-state index contributed by atoms with van der Waals surface area (Å²) < 4.78 is 19.6. The van der Waals surface area contributed by atoms with Crippen LogP contribution in [0.5, 0.6) is 0 Å². The summed E-state index contributed by atoms with van der Waals surface area (Å²) in [7, 11) is 5.48. The molecule has 1 aliphatic rings. The number of hydrogen-bond acceptors (Lipinski definition) is 4. The van der Waals surface area contributed by atoms with Crippen molar-refractivity contribution in [1.29, 1.82) is 0 Å². The van der Waals surface area contributed by atoms with Gasteiger partial charge < -0.3 is 19.9 Å². The van der Waals surface area contributed by atoms with Crippen molar-refractivity contribution in [2.24, 2.45) is 0 Å². The zero-order valence-corrected chi connectivity index (χ0v) is 14.3. The summed E-state index contributed by atoms with van der Waals surface area (Å²) in [5.74, 6) is -1.07. The Balaban J connectivity index is 2.12. The number of halogens is 1. The number of ether oxygens (including phenoxy) is 1. The number of nitrogens with one attached hydrogen (secondary N) is 1. The molecule has 0 bridgehead atoms. The van der Waals surface area contributed by atoms with E-state index in [1.54, 1.807) is 25.2 Å². The highest BCUT2D eigenvalue weighted by molar-refractivity contribution is 5.86. The lowest BCUT2D eigenvalue weighted by molar-refractivity contribution is -0.162. The molecule has 6 nitrogen and oxygen atoms in total. The van der Waals surface area contributed by atoms with Crippen LogP contribution in [-0.2, 0) is 14.3 Å². The highest BCUT2D eigenvalue weighted by Crippen LogP contribution is 2.30. The minimum absolute atomic E-state index is 0.183. The van der Waals surface area contributed by atoms with Crippen LogP contribution in [0.2, 0.25) is 0 Å². The molecule has 1 aromatic rings. The number of likely N-dealkylation sites (N-methyl/N-ethyl adjacent to an activating group) is 1. The van der Waals surface area contributed by atoms with Gasteiger partial charge in [0.1, 0.15) is 12.4 Å². The Hall–Kier alpha value is -1.99. The number of carbonyl (C=O) groups is 2. The number of carbonyl (C=O) groups excluding carboxylic acids is 2. The Morgan fingerprint density at radius 1 is 1.42 bits per heavy atom. The molecule has 24 heavy (non-hydrogen) atoms. The number of benzene rings is 1. The second-order valence-corrected chi connectivity index (χ2v) is 6.15. The Kier molecular flexibility index (Phi) is 6.28. The van der Waals surface area contributed by atoms with Crippen LogP contribution in [0.25, 0.3) is 0 Å². The zero-order valence-electron chi connectivity index (χ0n) is 14.3. The van der Waals surface area contributed by atoms with Crippen LogP contribution in [0.3, 0.4) is 0 Å². The lowest BCUT2D eigenvalue weighted by atomic mass is 9.97. The van der Waals surface area contributed by atoms with Gasteiger partial charge in [-0.3, -0.25) is 9.59 Å². The summed E-state index contributed by atoms with van der Waals surface area (Å²) in [4.78, 5) is 27.8. The molecule has 1 fully saturated rings. The van der Waals surface area contributed by atoms with E-state index in [-0.39, 0.29) is 24.0 Å². The molecule has 2 atom stereocenters. The Bertz CT molecular complexity index is 594. The van der Waals surface area contributed by atoms with Gasteiger partial charge in [0.2, 0.25) is 5.91 Å². The lowest BCUT2D eigenvalue weighted by Gasteiger charge is -2.38. The molecule has 0 spiro atoms. The van der Waals surface area contributed by atoms with E-state index < -0.39 is 18.0 Å². The van der Waals surface area contributed by atoms with Crippen LogP contribution in [0.4, 0.5) is 4.39 Å². The summed E-state index contributed by atoms with van der Waals surface area (Å²) in [6.45, 7) is 1.16. The molecule has 0 aromatic heterocycles. The molecular formula is C17H24FN3O3. The topological polar surface area (TPSA) is 61.9 Å². The van der Waals surface area contributed by atoms with E-state index in [0.717, 1.165) is 13.0 Å². The molecule has 2 amide bonds. The molecule has 0 radical (unpaired) electrons. The fourth-order valence-corrected chi connectivity index (χ4v) is 2.73. The van der Waals surface area contributed by atoms with Crippen LogP contribution in [-0.4, -0.2) is 68.6 Å². The zero-order chi connectivity index (χ0) is 17.7. The first-order chi connectivity index (χ1) is 11.4. The van der Waals surface area contributed by atoms with E-state index in [1.807, 2.05) is 19.0 Å². The number of nitrogens with zero attached hydrogens (tertiary/aromatic N) is 2. The van der Waals surface area contributed by atoms with Crippen molar-refractivity contribution in [3.05, 3.63) is 35.6 Å². The molecule has 1 N–H and O–H groups in total. The van der Waals surface area contributed by atoms with E-state index in [4.69, 9.17) is 4.74 Å². The minimum Gasteiger partial charge on any atom is -0.356 e. The van der Waals surface area contributed by atoms with Crippen LogP contribution in [0.15, 0.2) is 24.3 Å². The molecule has 132 valence electrons. The van der Waals surface area contributed by atoms with Crippen LogP contribution in [0.1, 0.15) is 18.0 Å². The number of morpholine rings is 1. The summed E-state index contributed by atoms with van der Waals surface area (Å²) in [5.41, 5.74) is 0.279. The van der Waals surface area contributed by atoms with E-state index in [0.29, 0.717) is 6.54 Å². The van der Waals surface area contributed by atoms with Gasteiger partial charge in [-0.15, -0.1) is 0 Å². The van der Waals surface area contributed by atoms with Gasteiger partial charge in [0, 0.05) is 19.2 Å². The van der Waals surface area contributed by atoms with Crippen molar-refractivity contribution in [2.45, 2.75) is 18.6 Å². The molecule has 2 rings (SSSR count). The van der Waals surface area contributed by atoms with Gasteiger partial charge in [0.25, 0.3) is 5.91 Å². The molecule has 1 aromatic carbocycles. The van der Waals surface area contributed by atoms with Crippen LogP contribution < -0.4 is 5.32 Å². The minimum atomic E-state index is -0.927. The fraction of sp³-hybridized carbons (Fsp3) is 0.529. The third-order valence-corrected chi connectivity index (χ3v) is 4.05. The van der Waals surface area contributed by atoms with Gasteiger partial charge in [-0.25, -0.2) is 4.39 Å². The monoisotopic (exact) mass is 337 g/mol. The fourth-order valence-electron chi connectivity index (χ4n) is 2.73. The summed E-state index contributed by atoms with van der Waals surface area (Å²) in [5, 5.41) is 2.81. The molecule has 1 heterocycles. The lowest BCUT2D eigenvalue weighted by Crippen LogP contribution is -2.53. The van der Waals surface area contributed by atoms with Gasteiger partial charge in [0.15, 0.2) is 6.10 Å². The van der Waals surface area contributed by atoms with Gasteiger partial charge >= 0.3 is 0 Å². The molecule has 0 unspecified atom stereocenters. The van der Waals surface area contributed by atoms with Crippen LogP contribution >= 0.6 is 0 Å². The number of amides is 2. The summed E-state index contributed by atoms with van der Waals surface area (Å²) in [6.07, 6.45) is -0.131. The number of hydrogen-bond donors (Lipinski definition) is 1. The largest absolute Gasteiger partial charge is 0.356 e. The standard InChI is InChI=1S/C17H24FN3O3/c1-20(2)10-6-9-19-17(23)16-15(21(3)14(22)11-24-16)12-7-4-5-8-13(12)18/h4-5,7-8,15-16H,6,9-11H2,1-3H3,(H,19,23)/t15-,16-/m1/s1. The highest BCUT2D eigenvalue weighted by Gasteiger charge is 2.41. The van der Waals surface area contributed by atoms with Gasteiger partial charge in [0.05, 0.1) is 6.04 Å². The first-order valence-corrected chi connectivity index (χ1v) is 7.96. The maximum absolute atomic E-state index is 14.2. The SMILES string of the molecule is CN(C)CCCNC(=O)[C@@H]1OCC(=O)N(C)[C@@H]1c1ccccc1F. The van der Waals surface area contributed by atoms with Crippen molar-refractivity contribution in [1.82, 2.24) is 15.1 Å². The second kappa shape index (κ2) is 8.21. The molecule has 7 heteroatoms. The number of rotatable bonds is 6. The average molecular weight is 337 g/mol. The first-order valence-electron chi connectivity index (χ1n) is 7.96. The third kappa shape index (κ3) is 4.30. The van der Waals surface area contributed by atoms with Crippen molar-refractivity contribution in [3.8, 4) is 0 Å². The van der Waals surface area contributed by atoms with Crippen molar-refractivity contribution in [3.63, 3.8) is 0 Å². The predicted octanol–water partition coefficient (Wildman–Crippen LogP) is 0.792. The molecule has 1 aliphatic heterocycles.